The van der Waals surface area contributed by atoms with Crippen LogP contribution in [0.4, 0.5) is 10.2 Å². The molecule has 0 saturated heterocycles. The standard InChI is InChI=1S/C12H10BrFN4OS/c1-18-11(7(5-16-18)10(15)20)17-12(19)6-3-2-4-8(13)9(6)14/h2-5H,1H3,(H2,15,20)(H,17,19). The van der Waals surface area contributed by atoms with Gasteiger partial charge in [0.15, 0.2) is 0 Å². The van der Waals surface area contributed by atoms with Gasteiger partial charge >= 0.3 is 0 Å². The second-order valence-corrected chi connectivity index (χ2v) is 5.24. The van der Waals surface area contributed by atoms with Crippen LogP contribution in [-0.4, -0.2) is 20.7 Å². The van der Waals surface area contributed by atoms with Crippen LogP contribution in [0.25, 0.3) is 0 Å². The molecule has 2 rings (SSSR count). The zero-order valence-corrected chi connectivity index (χ0v) is 12.8. The van der Waals surface area contributed by atoms with E-state index in [2.05, 4.69) is 26.3 Å². The summed E-state index contributed by atoms with van der Waals surface area (Å²) in [5.41, 5.74) is 5.88. The predicted octanol–water partition coefficient (Wildman–Crippen LogP) is 2.21. The van der Waals surface area contributed by atoms with Gasteiger partial charge in [0.25, 0.3) is 5.91 Å². The minimum absolute atomic E-state index is 0.0885. The molecule has 8 heteroatoms. The number of aromatic nitrogens is 2. The van der Waals surface area contributed by atoms with E-state index in [1.807, 2.05) is 0 Å². The molecule has 0 spiro atoms. The molecule has 1 heterocycles. The molecule has 1 aromatic heterocycles. The van der Waals surface area contributed by atoms with E-state index in [4.69, 9.17) is 18.0 Å². The topological polar surface area (TPSA) is 72.9 Å². The van der Waals surface area contributed by atoms with Gasteiger partial charge in [-0.15, -0.1) is 0 Å². The summed E-state index contributed by atoms with van der Waals surface area (Å²) in [6.45, 7) is 0. The molecule has 104 valence electrons. The number of halogens is 2. The van der Waals surface area contributed by atoms with Crippen LogP contribution < -0.4 is 11.1 Å². The van der Waals surface area contributed by atoms with Gasteiger partial charge in [-0.3, -0.25) is 9.48 Å². The van der Waals surface area contributed by atoms with Crippen molar-refractivity contribution in [3.05, 3.63) is 45.8 Å². The van der Waals surface area contributed by atoms with Crippen molar-refractivity contribution < 1.29 is 9.18 Å². The van der Waals surface area contributed by atoms with Crippen LogP contribution in [0.15, 0.2) is 28.9 Å². The van der Waals surface area contributed by atoms with Crippen LogP contribution in [0.2, 0.25) is 0 Å². The van der Waals surface area contributed by atoms with E-state index >= 15 is 0 Å². The molecule has 0 bridgehead atoms. The van der Waals surface area contributed by atoms with Gasteiger partial charge in [-0.05, 0) is 28.1 Å². The Labute approximate surface area is 128 Å². The molecule has 1 aromatic carbocycles. The van der Waals surface area contributed by atoms with E-state index in [-0.39, 0.29) is 15.0 Å². The van der Waals surface area contributed by atoms with Gasteiger partial charge in [0.05, 0.1) is 21.8 Å². The van der Waals surface area contributed by atoms with Crippen LogP contribution >= 0.6 is 28.1 Å². The van der Waals surface area contributed by atoms with Gasteiger partial charge in [0, 0.05) is 7.05 Å². The first-order chi connectivity index (χ1) is 9.41. The second kappa shape index (κ2) is 5.68. The quantitative estimate of drug-likeness (QED) is 0.827. The van der Waals surface area contributed by atoms with Gasteiger partial charge in [-0.2, -0.15) is 5.10 Å². The van der Waals surface area contributed by atoms with E-state index in [1.54, 1.807) is 13.1 Å². The molecule has 0 unspecified atom stereocenters. The molecule has 20 heavy (non-hydrogen) atoms. The summed E-state index contributed by atoms with van der Waals surface area (Å²) in [7, 11) is 1.62. The maximum absolute atomic E-state index is 13.9. The Morgan fingerprint density at radius 1 is 1.50 bits per heavy atom. The highest BCUT2D eigenvalue weighted by Crippen LogP contribution is 2.21. The average Bonchev–Trinajstić information content (AvgIpc) is 2.74. The van der Waals surface area contributed by atoms with E-state index < -0.39 is 11.7 Å². The number of hydrogen-bond donors (Lipinski definition) is 2. The predicted molar refractivity (Wildman–Crippen MR) is 81.1 cm³/mol. The monoisotopic (exact) mass is 356 g/mol. The number of carbonyl (C=O) groups is 1. The Bertz CT molecular complexity index is 701. The normalized spacial score (nSPS) is 10.3. The zero-order valence-electron chi connectivity index (χ0n) is 10.4. The first kappa shape index (κ1) is 14.6. The van der Waals surface area contributed by atoms with Gasteiger partial charge in [-0.25, -0.2) is 4.39 Å². The molecule has 0 aliphatic heterocycles. The smallest absolute Gasteiger partial charge is 0.259 e. The fraction of sp³-hybridized carbons (Fsp3) is 0.0833. The van der Waals surface area contributed by atoms with Crippen molar-refractivity contribution in [1.82, 2.24) is 9.78 Å². The molecule has 5 nitrogen and oxygen atoms in total. The maximum Gasteiger partial charge on any atom is 0.259 e. The Morgan fingerprint density at radius 3 is 2.85 bits per heavy atom. The van der Waals surface area contributed by atoms with Gasteiger partial charge < -0.3 is 11.1 Å². The highest BCUT2D eigenvalue weighted by Gasteiger charge is 2.18. The average molecular weight is 357 g/mol. The first-order valence-corrected chi connectivity index (χ1v) is 6.69. The Morgan fingerprint density at radius 2 is 2.20 bits per heavy atom. The highest BCUT2D eigenvalue weighted by atomic mass is 79.9. The summed E-state index contributed by atoms with van der Waals surface area (Å²) in [6, 6.07) is 4.46. The molecule has 1 amide bonds. The Hall–Kier alpha value is -1.80. The van der Waals surface area contributed by atoms with Gasteiger partial charge in [0.2, 0.25) is 0 Å². The third kappa shape index (κ3) is 2.70. The van der Waals surface area contributed by atoms with E-state index in [1.165, 1.54) is 23.0 Å². The van der Waals surface area contributed by atoms with E-state index in [9.17, 15) is 9.18 Å². The lowest BCUT2D eigenvalue weighted by molar-refractivity contribution is 0.102. The van der Waals surface area contributed by atoms with Crippen LogP contribution in [-0.2, 0) is 7.05 Å². The summed E-state index contributed by atoms with van der Waals surface area (Å²) < 4.78 is 15.5. The van der Waals surface area contributed by atoms with Crippen LogP contribution in [0.5, 0.6) is 0 Å². The Balaban J connectivity index is 2.35. The lowest BCUT2D eigenvalue weighted by Crippen LogP contribution is -2.19. The van der Waals surface area contributed by atoms with Crippen molar-refractivity contribution >= 4 is 44.9 Å². The van der Waals surface area contributed by atoms with Gasteiger partial charge in [0.1, 0.15) is 16.6 Å². The molecule has 2 aromatic rings. The first-order valence-electron chi connectivity index (χ1n) is 5.49. The molecule has 0 aliphatic rings. The van der Waals surface area contributed by atoms with Gasteiger partial charge in [-0.1, -0.05) is 18.3 Å². The molecule has 0 saturated carbocycles. The molecule has 0 atom stereocenters. The second-order valence-electron chi connectivity index (χ2n) is 3.95. The van der Waals surface area contributed by atoms with Crippen LogP contribution in [0, 0.1) is 5.82 Å². The number of nitrogens with two attached hydrogens (primary N) is 1. The van der Waals surface area contributed by atoms with Crippen LogP contribution in [0.3, 0.4) is 0 Å². The number of nitrogens with one attached hydrogen (secondary N) is 1. The summed E-state index contributed by atoms with van der Waals surface area (Å²) in [5, 5.41) is 6.51. The fourth-order valence-electron chi connectivity index (χ4n) is 1.62. The number of thiocarbonyl (C=S) groups is 1. The van der Waals surface area contributed by atoms with Crippen molar-refractivity contribution in [3.63, 3.8) is 0 Å². The molecule has 0 radical (unpaired) electrons. The van der Waals surface area contributed by atoms with Crippen LogP contribution in [0.1, 0.15) is 15.9 Å². The number of amides is 1. The highest BCUT2D eigenvalue weighted by molar-refractivity contribution is 9.10. The minimum atomic E-state index is -0.635. The molecule has 0 fully saturated rings. The van der Waals surface area contributed by atoms with Crippen molar-refractivity contribution in [3.8, 4) is 0 Å². The third-order valence-electron chi connectivity index (χ3n) is 2.63. The number of nitrogens with zero attached hydrogens (tertiary/aromatic N) is 2. The number of benzene rings is 1. The SMILES string of the molecule is Cn1ncc(C(N)=S)c1NC(=O)c1cccc(Br)c1F. The summed E-state index contributed by atoms with van der Waals surface area (Å²) in [4.78, 5) is 12.2. The van der Waals surface area contributed by atoms with E-state index in [0.717, 1.165) is 0 Å². The van der Waals surface area contributed by atoms with Crippen molar-refractivity contribution in [2.45, 2.75) is 0 Å². The number of aryl methyl sites for hydroxylation is 1. The largest absolute Gasteiger partial charge is 0.389 e. The molecule has 0 aliphatic carbocycles. The third-order valence-corrected chi connectivity index (χ3v) is 3.46. The number of carbonyl (C=O) groups excluding carboxylic acids is 1. The molecular weight excluding hydrogens is 347 g/mol. The lowest BCUT2D eigenvalue weighted by atomic mass is 10.2. The van der Waals surface area contributed by atoms with Crippen molar-refractivity contribution in [1.29, 1.82) is 0 Å². The van der Waals surface area contributed by atoms with Crippen molar-refractivity contribution in [2.75, 3.05) is 5.32 Å². The van der Waals surface area contributed by atoms with Crippen molar-refractivity contribution in [2.24, 2.45) is 12.8 Å². The number of rotatable bonds is 3. The van der Waals surface area contributed by atoms with E-state index in [0.29, 0.717) is 11.4 Å². The summed E-state index contributed by atoms with van der Waals surface area (Å²) in [5.74, 6) is -0.921. The minimum Gasteiger partial charge on any atom is -0.389 e. The maximum atomic E-state index is 13.9. The number of anilines is 1. The molecule has 3 N–H and O–H groups in total. The fourth-order valence-corrected chi connectivity index (χ4v) is 2.14. The lowest BCUT2D eigenvalue weighted by Gasteiger charge is -2.09. The zero-order chi connectivity index (χ0) is 14.9. The molecular formula is C12H10BrFN4OS. The summed E-state index contributed by atoms with van der Waals surface area (Å²) >= 11 is 7.90. The summed E-state index contributed by atoms with van der Waals surface area (Å²) in [6.07, 6.45) is 1.44. The Kier molecular flexibility index (Phi) is 4.15. The number of hydrogen-bond acceptors (Lipinski definition) is 3.